The van der Waals surface area contributed by atoms with Crippen LogP contribution >= 0.6 is 0 Å². The smallest absolute Gasteiger partial charge is 0.460 e. The number of unbranched alkanes of at least 4 members (excludes halogenated alkanes) is 1. The largest absolute Gasteiger partial charge is 0.462 e. The number of carbonyl (C=O) groups excluding carboxylic acids is 1. The summed E-state index contributed by atoms with van der Waals surface area (Å²) in [4.78, 5) is 11.6. The van der Waals surface area contributed by atoms with E-state index >= 15 is 0 Å². The van der Waals surface area contributed by atoms with E-state index in [0.717, 1.165) is 0 Å². The Bertz CT molecular complexity index is 798. The van der Waals surface area contributed by atoms with E-state index in [4.69, 9.17) is 0 Å². The molecule has 32 heavy (non-hydrogen) atoms. The number of hydrogen-bond donors (Lipinski definition) is 0. The number of carbonyl (C=O) groups is 1. The molecule has 0 aliphatic carbocycles. The lowest BCUT2D eigenvalue weighted by Crippen LogP contribution is -2.69. The number of esters is 1. The summed E-state index contributed by atoms with van der Waals surface area (Å²) < 4.78 is 176. The average Bonchev–Trinajstić information content (AvgIpc) is 2.66. The van der Waals surface area contributed by atoms with Gasteiger partial charge in [0.25, 0.3) is 0 Å². The zero-order valence-electron chi connectivity index (χ0n) is 15.7. The third kappa shape index (κ3) is 4.34. The monoisotopic (exact) mass is 496 g/mol. The van der Waals surface area contributed by atoms with Gasteiger partial charge in [0, 0.05) is 5.56 Å². The highest BCUT2D eigenvalue weighted by molar-refractivity contribution is 5.89. The third-order valence-electron chi connectivity index (χ3n) is 4.15. The highest BCUT2D eigenvalue weighted by Gasteiger charge is 2.90. The molecule has 0 aliphatic heterocycles. The van der Waals surface area contributed by atoms with Gasteiger partial charge in [0.15, 0.2) is 0 Å². The minimum absolute atomic E-state index is 0.0968. The Balaban J connectivity index is 3.35. The van der Waals surface area contributed by atoms with Crippen molar-refractivity contribution < 1.29 is 66.6 Å². The Labute approximate surface area is 171 Å². The van der Waals surface area contributed by atoms with Crippen LogP contribution in [0.4, 0.5) is 57.1 Å². The van der Waals surface area contributed by atoms with Crippen LogP contribution in [0.5, 0.6) is 0 Å². The summed E-state index contributed by atoms with van der Waals surface area (Å²) in [7, 11) is 0. The normalized spacial score (nSPS) is 14.4. The molecule has 0 aliphatic rings. The summed E-state index contributed by atoms with van der Waals surface area (Å²) in [6, 6.07) is 0.517. The highest BCUT2D eigenvalue weighted by Crippen LogP contribution is 2.62. The van der Waals surface area contributed by atoms with Crippen LogP contribution < -0.4 is 0 Å². The molecule has 184 valence electrons. The molecule has 0 atom stereocenters. The van der Waals surface area contributed by atoms with Gasteiger partial charge in [-0.05, 0) is 18.6 Å². The first-order chi connectivity index (χ1) is 14.2. The Kier molecular flexibility index (Phi) is 7.49. The number of halogens is 13. The molecular weight excluding hydrogens is 483 g/mol. The molecule has 1 rings (SSSR count). The van der Waals surface area contributed by atoms with Gasteiger partial charge in [-0.3, -0.25) is 0 Å². The van der Waals surface area contributed by atoms with Gasteiger partial charge in [0.2, 0.25) is 0 Å². The summed E-state index contributed by atoms with van der Waals surface area (Å²) in [6.07, 6.45) is -6.50. The standard InChI is InChI=1S/C17H13F13O2/c1-2-3-8-32-11(31)9-4-6-10(7-5-9)12(18,19)13(20,21)14(22,23)15(24,25)16(26,27)17(28,29)30/h4-7H,2-3,8H2,1H3. The lowest BCUT2D eigenvalue weighted by Gasteiger charge is -2.39. The first-order valence-electron chi connectivity index (χ1n) is 8.43. The second-order valence-corrected chi connectivity index (χ2v) is 6.44. The van der Waals surface area contributed by atoms with Crippen LogP contribution in [0.1, 0.15) is 35.7 Å². The van der Waals surface area contributed by atoms with E-state index < -0.39 is 52.9 Å². The Hall–Kier alpha value is -2.22. The fraction of sp³-hybridized carbons (Fsp3) is 0.588. The van der Waals surface area contributed by atoms with E-state index in [0.29, 0.717) is 25.0 Å². The second kappa shape index (κ2) is 8.61. The van der Waals surface area contributed by atoms with Gasteiger partial charge in [0.1, 0.15) is 0 Å². The van der Waals surface area contributed by atoms with E-state index in [9.17, 15) is 61.9 Å². The SMILES string of the molecule is CCCCOC(=O)c1ccc(C(F)(F)C(F)(F)C(F)(F)C(F)(F)C(F)(F)C(F)(F)F)cc1. The van der Waals surface area contributed by atoms with Gasteiger partial charge >= 0.3 is 41.8 Å². The van der Waals surface area contributed by atoms with Crippen LogP contribution in [0.15, 0.2) is 24.3 Å². The molecule has 15 heteroatoms. The number of alkyl halides is 13. The van der Waals surface area contributed by atoms with Crippen molar-refractivity contribution in [2.24, 2.45) is 0 Å². The average molecular weight is 496 g/mol. The highest BCUT2D eigenvalue weighted by atomic mass is 19.4. The maximum atomic E-state index is 14.0. The van der Waals surface area contributed by atoms with Crippen molar-refractivity contribution in [3.05, 3.63) is 35.4 Å². The van der Waals surface area contributed by atoms with E-state index in [2.05, 4.69) is 4.74 Å². The van der Waals surface area contributed by atoms with Crippen molar-refractivity contribution in [1.29, 1.82) is 0 Å². The quantitative estimate of drug-likeness (QED) is 0.213. The maximum absolute atomic E-state index is 14.0. The summed E-state index contributed by atoms with van der Waals surface area (Å²) >= 11 is 0. The molecule has 2 nitrogen and oxygen atoms in total. The van der Waals surface area contributed by atoms with Gasteiger partial charge in [0.05, 0.1) is 12.2 Å². The first kappa shape index (κ1) is 27.8. The van der Waals surface area contributed by atoms with Gasteiger partial charge in [-0.1, -0.05) is 25.5 Å². The Morgan fingerprint density at radius 1 is 0.719 bits per heavy atom. The number of hydrogen-bond acceptors (Lipinski definition) is 2. The summed E-state index contributed by atoms with van der Waals surface area (Å²) in [5.41, 5.74) is -2.72. The van der Waals surface area contributed by atoms with Gasteiger partial charge < -0.3 is 4.74 Å². The van der Waals surface area contributed by atoms with Gasteiger partial charge in [-0.2, -0.15) is 57.1 Å². The molecule has 0 heterocycles. The molecule has 0 fully saturated rings. The van der Waals surface area contributed by atoms with E-state index in [-0.39, 0.29) is 18.7 Å². The van der Waals surface area contributed by atoms with Crippen LogP contribution in [0.3, 0.4) is 0 Å². The van der Waals surface area contributed by atoms with Crippen LogP contribution in [0.25, 0.3) is 0 Å². The van der Waals surface area contributed by atoms with Crippen molar-refractivity contribution in [3.63, 3.8) is 0 Å². The zero-order valence-corrected chi connectivity index (χ0v) is 15.7. The third-order valence-corrected chi connectivity index (χ3v) is 4.15. The predicted molar refractivity (Wildman–Crippen MR) is 81.4 cm³/mol. The minimum atomic E-state index is -7.96. The Morgan fingerprint density at radius 2 is 1.16 bits per heavy atom. The number of ether oxygens (including phenoxy) is 1. The molecule has 0 unspecified atom stereocenters. The molecular formula is C17H13F13O2. The van der Waals surface area contributed by atoms with Crippen molar-refractivity contribution in [3.8, 4) is 0 Å². The number of rotatable bonds is 9. The molecule has 0 saturated carbocycles. The van der Waals surface area contributed by atoms with E-state index in [1.54, 1.807) is 6.92 Å². The minimum Gasteiger partial charge on any atom is -0.462 e. The summed E-state index contributed by atoms with van der Waals surface area (Å²) in [5, 5.41) is 0. The van der Waals surface area contributed by atoms with Gasteiger partial charge in [-0.25, -0.2) is 4.79 Å². The fourth-order valence-electron chi connectivity index (χ4n) is 2.16. The van der Waals surface area contributed by atoms with Crippen LogP contribution in [0, 0.1) is 0 Å². The first-order valence-corrected chi connectivity index (χ1v) is 8.43. The lowest BCUT2D eigenvalue weighted by molar-refractivity contribution is -0.441. The molecule has 0 saturated heterocycles. The lowest BCUT2D eigenvalue weighted by atomic mass is 9.90. The molecule has 1 aromatic rings. The van der Waals surface area contributed by atoms with Gasteiger partial charge in [-0.15, -0.1) is 0 Å². The van der Waals surface area contributed by atoms with Crippen molar-refractivity contribution in [2.75, 3.05) is 6.61 Å². The number of benzene rings is 1. The van der Waals surface area contributed by atoms with E-state index in [1.807, 2.05) is 0 Å². The van der Waals surface area contributed by atoms with Crippen molar-refractivity contribution in [2.45, 2.75) is 55.6 Å². The molecule has 0 radical (unpaired) electrons. The fourth-order valence-corrected chi connectivity index (χ4v) is 2.16. The van der Waals surface area contributed by atoms with Crippen LogP contribution in [-0.4, -0.2) is 42.4 Å². The zero-order chi connectivity index (χ0) is 25.4. The molecule has 0 amide bonds. The summed E-state index contributed by atoms with van der Waals surface area (Å²) in [5.74, 6) is -38.6. The second-order valence-electron chi connectivity index (χ2n) is 6.44. The molecule has 1 aromatic carbocycles. The van der Waals surface area contributed by atoms with Crippen molar-refractivity contribution >= 4 is 5.97 Å². The predicted octanol–water partition coefficient (Wildman–Crippen LogP) is 6.84. The van der Waals surface area contributed by atoms with Crippen molar-refractivity contribution in [1.82, 2.24) is 0 Å². The molecule has 0 aromatic heterocycles. The topological polar surface area (TPSA) is 26.3 Å². The Morgan fingerprint density at radius 3 is 1.56 bits per heavy atom. The van der Waals surface area contributed by atoms with Crippen LogP contribution in [0.2, 0.25) is 0 Å². The molecule has 0 bridgehead atoms. The van der Waals surface area contributed by atoms with E-state index in [1.165, 1.54) is 0 Å². The molecule has 0 N–H and O–H groups in total. The molecule has 0 spiro atoms. The summed E-state index contributed by atoms with van der Waals surface area (Å²) in [6.45, 7) is 1.59. The maximum Gasteiger partial charge on any atom is 0.460 e. The van der Waals surface area contributed by atoms with Crippen LogP contribution in [-0.2, 0) is 10.7 Å².